The average Bonchev–Trinajstić information content (AvgIpc) is 2.34. The van der Waals surface area contributed by atoms with Gasteiger partial charge in [-0.2, -0.15) is 4.39 Å². The summed E-state index contributed by atoms with van der Waals surface area (Å²) in [5.74, 6) is -2.10. The van der Waals surface area contributed by atoms with Crippen LogP contribution in [0.1, 0.15) is 0 Å². The first kappa shape index (κ1) is 15.1. The minimum atomic E-state index is -4.94. The molecule has 1 heterocycles. The topological polar surface area (TPSA) is 64.1 Å². The summed E-state index contributed by atoms with van der Waals surface area (Å²) >= 11 is 5.28. The fourth-order valence-corrected chi connectivity index (χ4v) is 1.70. The van der Waals surface area contributed by atoms with Crippen LogP contribution in [0.2, 0.25) is 5.15 Å². The normalized spacial score (nSPS) is 11.5. The van der Waals surface area contributed by atoms with Crippen LogP contribution in [-0.4, -0.2) is 15.9 Å². The molecule has 21 heavy (non-hydrogen) atoms. The molecule has 0 saturated heterocycles. The summed E-state index contributed by atoms with van der Waals surface area (Å²) in [5, 5.41) is -0.788. The number of nitrogens with one attached hydrogen (secondary N) is 1. The van der Waals surface area contributed by atoms with Crippen LogP contribution in [0.25, 0.3) is 5.69 Å². The highest BCUT2D eigenvalue weighted by Gasteiger charge is 2.31. The molecule has 1 N–H and O–H groups in total. The van der Waals surface area contributed by atoms with Gasteiger partial charge in [-0.15, -0.1) is 13.2 Å². The molecule has 10 heteroatoms. The van der Waals surface area contributed by atoms with E-state index in [1.54, 1.807) is 0 Å². The zero-order chi connectivity index (χ0) is 15.8. The van der Waals surface area contributed by atoms with Crippen LogP contribution in [0.15, 0.2) is 33.9 Å². The molecular formula is C11H5ClF4N2O3. The zero-order valence-corrected chi connectivity index (χ0v) is 10.6. The first-order valence-corrected chi connectivity index (χ1v) is 5.63. The Morgan fingerprint density at radius 1 is 1.24 bits per heavy atom. The van der Waals surface area contributed by atoms with Crippen LogP contribution in [0.4, 0.5) is 17.6 Å². The van der Waals surface area contributed by atoms with Gasteiger partial charge >= 0.3 is 12.1 Å². The Bertz CT molecular complexity index is 797. The number of aromatic amines is 1. The van der Waals surface area contributed by atoms with Gasteiger partial charge in [-0.25, -0.2) is 9.36 Å². The van der Waals surface area contributed by atoms with Gasteiger partial charge in [0, 0.05) is 6.07 Å². The fraction of sp³-hybridized carbons (Fsp3) is 0.0909. The summed E-state index contributed by atoms with van der Waals surface area (Å²) in [6.07, 6.45) is -4.94. The van der Waals surface area contributed by atoms with Crippen LogP contribution < -0.4 is 16.0 Å². The third kappa shape index (κ3) is 3.24. The first-order chi connectivity index (χ1) is 9.69. The van der Waals surface area contributed by atoms with Gasteiger partial charge in [-0.05, 0) is 12.1 Å². The first-order valence-electron chi connectivity index (χ1n) is 5.25. The lowest BCUT2D eigenvalue weighted by Gasteiger charge is -2.10. The van der Waals surface area contributed by atoms with Gasteiger partial charge < -0.3 is 4.74 Å². The van der Waals surface area contributed by atoms with Crippen molar-refractivity contribution in [2.24, 2.45) is 0 Å². The molecule has 5 nitrogen and oxygen atoms in total. The molecule has 1 aromatic carbocycles. The van der Waals surface area contributed by atoms with E-state index in [-0.39, 0.29) is 5.69 Å². The maximum absolute atomic E-state index is 13.4. The van der Waals surface area contributed by atoms with Crippen molar-refractivity contribution in [3.05, 3.63) is 56.1 Å². The maximum Gasteiger partial charge on any atom is 0.573 e. The van der Waals surface area contributed by atoms with E-state index >= 15 is 0 Å². The quantitative estimate of drug-likeness (QED) is 0.680. The highest BCUT2D eigenvalue weighted by molar-refractivity contribution is 6.29. The monoisotopic (exact) mass is 324 g/mol. The van der Waals surface area contributed by atoms with Gasteiger partial charge in [-0.3, -0.25) is 9.78 Å². The number of ether oxygens (including phenoxy) is 1. The molecule has 2 rings (SSSR count). The predicted octanol–water partition coefficient (Wildman–Crippen LogP) is 2.22. The molecule has 0 atom stereocenters. The number of hydrogen-bond acceptors (Lipinski definition) is 3. The van der Waals surface area contributed by atoms with Crippen LogP contribution in [0.5, 0.6) is 5.75 Å². The van der Waals surface area contributed by atoms with Crippen LogP contribution in [0, 0.1) is 5.82 Å². The van der Waals surface area contributed by atoms with Gasteiger partial charge in [0.25, 0.3) is 5.56 Å². The predicted molar refractivity (Wildman–Crippen MR) is 64.3 cm³/mol. The number of aromatic nitrogens is 2. The lowest BCUT2D eigenvalue weighted by atomic mass is 10.3. The number of benzene rings is 1. The number of nitrogens with zero attached hydrogens (tertiary/aromatic N) is 1. The van der Waals surface area contributed by atoms with E-state index in [9.17, 15) is 27.2 Å². The van der Waals surface area contributed by atoms with E-state index < -0.39 is 34.3 Å². The second kappa shape index (κ2) is 5.24. The van der Waals surface area contributed by atoms with E-state index in [2.05, 4.69) is 4.74 Å². The lowest BCUT2D eigenvalue weighted by molar-refractivity contribution is -0.274. The third-order valence-electron chi connectivity index (χ3n) is 2.31. The summed E-state index contributed by atoms with van der Waals surface area (Å²) in [6, 6.07) is 3.96. The van der Waals surface area contributed by atoms with Gasteiger partial charge in [0.15, 0.2) is 5.15 Å². The highest BCUT2D eigenvalue weighted by atomic mass is 35.5. The van der Waals surface area contributed by atoms with Gasteiger partial charge in [-0.1, -0.05) is 17.7 Å². The summed E-state index contributed by atoms with van der Waals surface area (Å²) in [5.41, 5.74) is -2.80. The average molecular weight is 325 g/mol. The Labute approximate surface area is 118 Å². The number of hydrogen-bond donors (Lipinski definition) is 1. The molecule has 1 aromatic heterocycles. The molecule has 0 saturated carbocycles. The number of alkyl halides is 3. The van der Waals surface area contributed by atoms with Crippen molar-refractivity contribution in [2.75, 3.05) is 0 Å². The molecule has 0 radical (unpaired) electrons. The van der Waals surface area contributed by atoms with Crippen LogP contribution in [-0.2, 0) is 0 Å². The Morgan fingerprint density at radius 3 is 2.52 bits per heavy atom. The van der Waals surface area contributed by atoms with E-state index in [1.165, 1.54) is 0 Å². The second-order valence-electron chi connectivity index (χ2n) is 3.74. The molecule has 0 fully saturated rings. The van der Waals surface area contributed by atoms with Crippen LogP contribution >= 0.6 is 11.6 Å². The minimum Gasteiger partial charge on any atom is -0.406 e. The lowest BCUT2D eigenvalue weighted by Crippen LogP contribution is -2.35. The largest absolute Gasteiger partial charge is 0.573 e. The molecule has 112 valence electrons. The number of H-pyrrole nitrogens is 1. The summed E-state index contributed by atoms with van der Waals surface area (Å²) in [7, 11) is 0. The standard InChI is InChI=1S/C11H5ClF4N2O3/c12-8-7(13)9(19)18(10(20)17-8)5-2-1-3-6(4-5)21-11(14,15)16/h1-4H,(H,17,20). The molecule has 0 aliphatic rings. The van der Waals surface area contributed by atoms with Gasteiger partial charge in [0.05, 0.1) is 5.69 Å². The van der Waals surface area contributed by atoms with Crippen molar-refractivity contribution in [3.63, 3.8) is 0 Å². The van der Waals surface area contributed by atoms with Crippen molar-refractivity contribution in [3.8, 4) is 11.4 Å². The Morgan fingerprint density at radius 2 is 1.90 bits per heavy atom. The minimum absolute atomic E-state index is 0.296. The van der Waals surface area contributed by atoms with Crippen molar-refractivity contribution in [1.82, 2.24) is 9.55 Å². The maximum atomic E-state index is 13.4. The summed E-state index contributed by atoms with van der Waals surface area (Å²) in [6.45, 7) is 0. The zero-order valence-electron chi connectivity index (χ0n) is 9.87. The Balaban J connectivity index is 2.59. The molecule has 0 spiro atoms. The van der Waals surface area contributed by atoms with Gasteiger partial charge in [0.2, 0.25) is 5.82 Å². The smallest absolute Gasteiger partial charge is 0.406 e. The van der Waals surface area contributed by atoms with Crippen molar-refractivity contribution >= 4 is 11.6 Å². The molecular weight excluding hydrogens is 320 g/mol. The molecule has 2 aromatic rings. The second-order valence-corrected chi connectivity index (χ2v) is 4.12. The molecule has 0 bridgehead atoms. The Hall–Kier alpha value is -2.29. The summed E-state index contributed by atoms with van der Waals surface area (Å²) < 4.78 is 53.7. The SMILES string of the molecule is O=c1[nH]c(Cl)c(F)c(=O)n1-c1cccc(OC(F)(F)F)c1. The molecule has 0 amide bonds. The number of rotatable bonds is 2. The third-order valence-corrected chi connectivity index (χ3v) is 2.57. The van der Waals surface area contributed by atoms with Gasteiger partial charge in [0.1, 0.15) is 5.75 Å². The summed E-state index contributed by atoms with van der Waals surface area (Å²) in [4.78, 5) is 25.1. The van der Waals surface area contributed by atoms with E-state index in [4.69, 9.17) is 11.6 Å². The highest BCUT2D eigenvalue weighted by Crippen LogP contribution is 2.23. The van der Waals surface area contributed by atoms with E-state index in [0.717, 1.165) is 24.3 Å². The van der Waals surface area contributed by atoms with Crippen molar-refractivity contribution in [2.45, 2.75) is 6.36 Å². The van der Waals surface area contributed by atoms with Crippen molar-refractivity contribution in [1.29, 1.82) is 0 Å². The number of halogens is 5. The molecule has 0 aliphatic heterocycles. The molecule has 0 unspecified atom stereocenters. The van der Waals surface area contributed by atoms with Crippen LogP contribution in [0.3, 0.4) is 0 Å². The van der Waals surface area contributed by atoms with E-state index in [1.807, 2.05) is 4.98 Å². The van der Waals surface area contributed by atoms with E-state index in [0.29, 0.717) is 4.57 Å². The van der Waals surface area contributed by atoms with Crippen molar-refractivity contribution < 1.29 is 22.3 Å². The molecule has 0 aliphatic carbocycles. The fourth-order valence-electron chi connectivity index (χ4n) is 1.54. The Kier molecular flexibility index (Phi) is 3.77.